The quantitative estimate of drug-likeness (QED) is 0.160. The number of rotatable bonds is 6. The van der Waals surface area contributed by atoms with Crippen molar-refractivity contribution in [2.75, 3.05) is 4.90 Å². The maximum Gasteiger partial charge on any atom is 0.143 e. The van der Waals surface area contributed by atoms with Crippen LogP contribution in [0.1, 0.15) is 0 Å². The van der Waals surface area contributed by atoms with Crippen LogP contribution in [0.25, 0.3) is 87.6 Å². The SMILES string of the molecule is c1ccc(-c2ccccc2N(c2ccc(-c3cc4ccccc4c4ccccc34)cc2)c2ccccc2-c2ccc3oc4c5ccccc5ccc4c3c2)cc1. The normalized spacial score (nSPS) is 11.6. The van der Waals surface area contributed by atoms with Gasteiger partial charge in [0.2, 0.25) is 0 Å². The smallest absolute Gasteiger partial charge is 0.143 e. The van der Waals surface area contributed by atoms with E-state index in [9.17, 15) is 0 Å². The topological polar surface area (TPSA) is 16.4 Å². The zero-order valence-electron chi connectivity index (χ0n) is 30.6. The number of furan rings is 1. The summed E-state index contributed by atoms with van der Waals surface area (Å²) in [7, 11) is 0. The van der Waals surface area contributed by atoms with Crippen LogP contribution in [0.2, 0.25) is 0 Å². The predicted molar refractivity (Wildman–Crippen MR) is 237 cm³/mol. The largest absolute Gasteiger partial charge is 0.455 e. The first kappa shape index (κ1) is 32.0. The number of hydrogen-bond donors (Lipinski definition) is 0. The number of anilines is 3. The molecule has 0 amide bonds. The molecule has 0 atom stereocenters. The minimum Gasteiger partial charge on any atom is -0.455 e. The number of benzene rings is 10. The van der Waals surface area contributed by atoms with Gasteiger partial charge in [-0.05, 0) is 97.7 Å². The van der Waals surface area contributed by atoms with E-state index in [1.165, 1.54) is 43.6 Å². The van der Waals surface area contributed by atoms with Crippen molar-refractivity contribution in [1.29, 1.82) is 0 Å². The second kappa shape index (κ2) is 13.2. The molecular weight excluding hydrogens is 679 g/mol. The van der Waals surface area contributed by atoms with Crippen LogP contribution in [-0.2, 0) is 0 Å². The molecule has 0 fully saturated rings. The van der Waals surface area contributed by atoms with Gasteiger partial charge in [0.25, 0.3) is 0 Å². The molecule has 0 bridgehead atoms. The Morgan fingerprint density at radius 2 is 0.875 bits per heavy atom. The van der Waals surface area contributed by atoms with Crippen molar-refractivity contribution in [3.8, 4) is 33.4 Å². The zero-order chi connectivity index (χ0) is 37.0. The highest BCUT2D eigenvalue weighted by molar-refractivity contribution is 6.16. The lowest BCUT2D eigenvalue weighted by Gasteiger charge is -2.30. The van der Waals surface area contributed by atoms with Gasteiger partial charge in [-0.25, -0.2) is 0 Å². The predicted octanol–water partition coefficient (Wildman–Crippen LogP) is 15.5. The van der Waals surface area contributed by atoms with Crippen molar-refractivity contribution >= 4 is 71.3 Å². The van der Waals surface area contributed by atoms with E-state index in [-0.39, 0.29) is 0 Å². The standard InChI is InChI=1S/C54H35NO/c1-2-14-36(15-3-1)43-19-10-12-24-51(43)55(41-30-26-38(27-31-41)49-34-39-17-5-6-18-42(39)46-22-8-9-23-47(46)49)52-25-13-11-20-44(52)40-29-33-53-50(35-40)48-32-28-37-16-4-7-21-45(37)54(48)56-53/h1-35H. The fourth-order valence-corrected chi connectivity index (χ4v) is 8.61. The molecule has 0 aliphatic heterocycles. The molecule has 0 aliphatic carbocycles. The number of nitrogens with zero attached hydrogens (tertiary/aromatic N) is 1. The number of para-hydroxylation sites is 2. The van der Waals surface area contributed by atoms with E-state index in [4.69, 9.17) is 4.42 Å². The molecule has 1 aromatic heterocycles. The van der Waals surface area contributed by atoms with Gasteiger partial charge >= 0.3 is 0 Å². The lowest BCUT2D eigenvalue weighted by molar-refractivity contribution is 0.672. The molecule has 0 saturated carbocycles. The van der Waals surface area contributed by atoms with Crippen molar-refractivity contribution < 1.29 is 4.42 Å². The molecule has 11 aromatic rings. The maximum absolute atomic E-state index is 6.53. The second-order valence-electron chi connectivity index (χ2n) is 14.4. The highest BCUT2D eigenvalue weighted by Crippen LogP contribution is 2.46. The molecule has 1 heterocycles. The molecule has 0 radical (unpaired) electrons. The van der Waals surface area contributed by atoms with E-state index >= 15 is 0 Å². The number of fused-ring (bicyclic) bond motifs is 8. The third kappa shape index (κ3) is 5.26. The first-order valence-corrected chi connectivity index (χ1v) is 19.2. The van der Waals surface area contributed by atoms with E-state index in [0.717, 1.165) is 61.1 Å². The highest BCUT2D eigenvalue weighted by atomic mass is 16.3. The summed E-state index contributed by atoms with van der Waals surface area (Å²) >= 11 is 0. The van der Waals surface area contributed by atoms with E-state index in [0.29, 0.717) is 0 Å². The summed E-state index contributed by atoms with van der Waals surface area (Å²) in [5.41, 5.74) is 12.1. The Morgan fingerprint density at radius 3 is 1.64 bits per heavy atom. The van der Waals surface area contributed by atoms with E-state index in [1.54, 1.807) is 0 Å². The average Bonchev–Trinajstić information content (AvgIpc) is 3.66. The molecule has 262 valence electrons. The molecular formula is C54H35NO. The first-order valence-electron chi connectivity index (χ1n) is 19.2. The summed E-state index contributed by atoms with van der Waals surface area (Å²) in [6, 6.07) is 76.5. The third-order valence-electron chi connectivity index (χ3n) is 11.3. The molecule has 2 nitrogen and oxygen atoms in total. The highest BCUT2D eigenvalue weighted by Gasteiger charge is 2.21. The summed E-state index contributed by atoms with van der Waals surface area (Å²) in [5, 5.41) is 9.59. The van der Waals surface area contributed by atoms with E-state index < -0.39 is 0 Å². The van der Waals surface area contributed by atoms with Crippen LogP contribution in [0.5, 0.6) is 0 Å². The fraction of sp³-hybridized carbons (Fsp3) is 0. The Kier molecular flexibility index (Phi) is 7.53. The summed E-state index contributed by atoms with van der Waals surface area (Å²) in [6.45, 7) is 0. The Balaban J connectivity index is 1.10. The van der Waals surface area contributed by atoms with Crippen LogP contribution in [-0.4, -0.2) is 0 Å². The van der Waals surface area contributed by atoms with Gasteiger partial charge in [-0.15, -0.1) is 0 Å². The minimum atomic E-state index is 0.890. The lowest BCUT2D eigenvalue weighted by Crippen LogP contribution is -2.12. The van der Waals surface area contributed by atoms with Crippen molar-refractivity contribution in [3.05, 3.63) is 212 Å². The molecule has 0 spiro atoms. The van der Waals surface area contributed by atoms with E-state index in [1.807, 2.05) is 0 Å². The Hall–Kier alpha value is -7.42. The molecule has 56 heavy (non-hydrogen) atoms. The monoisotopic (exact) mass is 713 g/mol. The van der Waals surface area contributed by atoms with Gasteiger partial charge in [-0.3, -0.25) is 0 Å². The van der Waals surface area contributed by atoms with Crippen molar-refractivity contribution in [2.45, 2.75) is 0 Å². The van der Waals surface area contributed by atoms with Gasteiger partial charge in [0, 0.05) is 33.0 Å². The van der Waals surface area contributed by atoms with Crippen LogP contribution < -0.4 is 4.90 Å². The maximum atomic E-state index is 6.53. The summed E-state index contributed by atoms with van der Waals surface area (Å²) in [5.74, 6) is 0. The van der Waals surface area contributed by atoms with Crippen molar-refractivity contribution in [2.24, 2.45) is 0 Å². The van der Waals surface area contributed by atoms with Gasteiger partial charge in [0.15, 0.2) is 0 Å². The molecule has 11 rings (SSSR count). The molecule has 0 unspecified atom stereocenters. The molecule has 0 N–H and O–H groups in total. The van der Waals surface area contributed by atoms with Crippen molar-refractivity contribution in [1.82, 2.24) is 0 Å². The summed E-state index contributed by atoms with van der Waals surface area (Å²) in [6.07, 6.45) is 0. The second-order valence-corrected chi connectivity index (χ2v) is 14.4. The first-order chi connectivity index (χ1) is 27.8. The number of hydrogen-bond acceptors (Lipinski definition) is 2. The fourth-order valence-electron chi connectivity index (χ4n) is 8.61. The van der Waals surface area contributed by atoms with Crippen molar-refractivity contribution in [3.63, 3.8) is 0 Å². The molecule has 2 heteroatoms. The summed E-state index contributed by atoms with van der Waals surface area (Å²) < 4.78 is 6.53. The van der Waals surface area contributed by atoms with E-state index in [2.05, 4.69) is 217 Å². The van der Waals surface area contributed by atoms with Crippen LogP contribution in [0.15, 0.2) is 217 Å². The third-order valence-corrected chi connectivity index (χ3v) is 11.3. The average molecular weight is 714 g/mol. The van der Waals surface area contributed by atoms with Crippen LogP contribution in [0.3, 0.4) is 0 Å². The van der Waals surface area contributed by atoms with Gasteiger partial charge in [0.1, 0.15) is 11.2 Å². The Bertz CT molecular complexity index is 3250. The van der Waals surface area contributed by atoms with Crippen LogP contribution in [0.4, 0.5) is 17.1 Å². The van der Waals surface area contributed by atoms with Gasteiger partial charge in [0.05, 0.1) is 11.4 Å². The van der Waals surface area contributed by atoms with Gasteiger partial charge < -0.3 is 9.32 Å². The molecule has 0 saturated heterocycles. The Labute approximate surface area is 325 Å². The minimum absolute atomic E-state index is 0.890. The zero-order valence-corrected chi connectivity index (χ0v) is 30.6. The lowest BCUT2D eigenvalue weighted by atomic mass is 9.93. The van der Waals surface area contributed by atoms with Gasteiger partial charge in [-0.2, -0.15) is 0 Å². The van der Waals surface area contributed by atoms with Crippen LogP contribution >= 0.6 is 0 Å². The molecule has 10 aromatic carbocycles. The van der Waals surface area contributed by atoms with Gasteiger partial charge in [-0.1, -0.05) is 164 Å². The molecule has 0 aliphatic rings. The van der Waals surface area contributed by atoms with Crippen LogP contribution in [0, 0.1) is 0 Å². The Morgan fingerprint density at radius 1 is 0.304 bits per heavy atom. The summed E-state index contributed by atoms with van der Waals surface area (Å²) in [4.78, 5) is 2.42.